The number of carbonyl (C=O) groups excluding carboxylic acids is 1. The van der Waals surface area contributed by atoms with Crippen molar-refractivity contribution in [2.45, 2.75) is 25.3 Å². The lowest BCUT2D eigenvalue weighted by atomic mass is 10.1. The van der Waals surface area contributed by atoms with Gasteiger partial charge in [-0.3, -0.25) is 4.79 Å². The fourth-order valence-corrected chi connectivity index (χ4v) is 2.84. The molecule has 20 heavy (non-hydrogen) atoms. The molecule has 3 heteroatoms. The number of rotatable bonds is 3. The van der Waals surface area contributed by atoms with Crippen LogP contribution in [0.15, 0.2) is 48.5 Å². The molecule has 1 aliphatic rings. The number of fused-ring (bicyclic) bond motifs is 1. The van der Waals surface area contributed by atoms with Crippen molar-refractivity contribution in [3.05, 3.63) is 65.2 Å². The van der Waals surface area contributed by atoms with Gasteiger partial charge in [-0.05, 0) is 41.7 Å². The van der Waals surface area contributed by atoms with Gasteiger partial charge in [0.1, 0.15) is 0 Å². The lowest BCUT2D eigenvalue weighted by Crippen LogP contribution is -2.28. The second kappa shape index (κ2) is 5.37. The molecule has 0 saturated heterocycles. The average molecular weight is 266 g/mol. The van der Waals surface area contributed by atoms with Crippen molar-refractivity contribution >= 4 is 11.6 Å². The predicted molar refractivity (Wildman–Crippen MR) is 80.2 cm³/mol. The van der Waals surface area contributed by atoms with Gasteiger partial charge in [-0.15, -0.1) is 0 Å². The number of nitrogens with two attached hydrogens (primary N) is 1. The Hall–Kier alpha value is -2.29. The number of nitrogen functional groups attached to an aromatic ring is 1. The standard InChI is InChI=1S/C17H18N2O/c18-14-6-3-4-12(10-14)11-17(20)19-16-9-8-13-5-1-2-7-15(13)16/h1-7,10,16H,8-9,11,18H2,(H,19,20). The minimum absolute atomic E-state index is 0.0531. The first-order valence-corrected chi connectivity index (χ1v) is 6.94. The molecule has 0 spiro atoms. The van der Waals surface area contributed by atoms with Gasteiger partial charge in [0, 0.05) is 5.69 Å². The lowest BCUT2D eigenvalue weighted by Gasteiger charge is -2.14. The first-order chi connectivity index (χ1) is 9.72. The number of hydrogen-bond donors (Lipinski definition) is 2. The third kappa shape index (κ3) is 2.67. The van der Waals surface area contributed by atoms with Crippen LogP contribution in [-0.2, 0) is 17.6 Å². The molecule has 1 atom stereocenters. The largest absolute Gasteiger partial charge is 0.399 e. The highest BCUT2D eigenvalue weighted by molar-refractivity contribution is 5.79. The van der Waals surface area contributed by atoms with Crippen molar-refractivity contribution in [1.29, 1.82) is 0 Å². The average Bonchev–Trinajstić information content (AvgIpc) is 2.82. The van der Waals surface area contributed by atoms with Crippen molar-refractivity contribution in [1.82, 2.24) is 5.32 Å². The minimum atomic E-state index is 0.0531. The second-order valence-electron chi connectivity index (χ2n) is 5.28. The Balaban J connectivity index is 1.66. The van der Waals surface area contributed by atoms with E-state index in [1.165, 1.54) is 11.1 Å². The number of hydrogen-bond acceptors (Lipinski definition) is 2. The van der Waals surface area contributed by atoms with Gasteiger partial charge in [0.15, 0.2) is 0 Å². The van der Waals surface area contributed by atoms with Gasteiger partial charge in [0.2, 0.25) is 5.91 Å². The van der Waals surface area contributed by atoms with Crippen LogP contribution in [0.1, 0.15) is 29.2 Å². The maximum atomic E-state index is 12.1. The first kappa shape index (κ1) is 12.7. The third-order valence-corrected chi connectivity index (χ3v) is 3.78. The second-order valence-corrected chi connectivity index (χ2v) is 5.28. The number of anilines is 1. The summed E-state index contributed by atoms with van der Waals surface area (Å²) in [5.41, 5.74) is 9.98. The molecule has 102 valence electrons. The SMILES string of the molecule is Nc1cccc(CC(=O)NC2CCc3ccccc32)c1. The molecule has 0 fully saturated rings. The van der Waals surface area contributed by atoms with E-state index in [0.29, 0.717) is 12.1 Å². The highest BCUT2D eigenvalue weighted by Crippen LogP contribution is 2.30. The maximum Gasteiger partial charge on any atom is 0.224 e. The van der Waals surface area contributed by atoms with E-state index in [4.69, 9.17) is 5.73 Å². The summed E-state index contributed by atoms with van der Waals surface area (Å²) in [5, 5.41) is 3.12. The molecule has 1 unspecified atom stereocenters. The molecule has 1 amide bonds. The normalized spacial score (nSPS) is 16.7. The van der Waals surface area contributed by atoms with E-state index in [1.54, 1.807) is 0 Å². The molecular weight excluding hydrogens is 248 g/mol. The summed E-state index contributed by atoms with van der Waals surface area (Å²) in [7, 11) is 0. The summed E-state index contributed by atoms with van der Waals surface area (Å²) >= 11 is 0. The number of nitrogens with one attached hydrogen (secondary N) is 1. The predicted octanol–water partition coefficient (Wildman–Crippen LogP) is 2.62. The zero-order chi connectivity index (χ0) is 13.9. The Bertz CT molecular complexity index is 636. The van der Waals surface area contributed by atoms with Crippen LogP contribution in [0.4, 0.5) is 5.69 Å². The smallest absolute Gasteiger partial charge is 0.224 e. The van der Waals surface area contributed by atoms with Crippen molar-refractivity contribution in [2.24, 2.45) is 0 Å². The van der Waals surface area contributed by atoms with Gasteiger partial charge in [-0.2, -0.15) is 0 Å². The Kier molecular flexibility index (Phi) is 3.42. The number of benzene rings is 2. The number of aryl methyl sites for hydroxylation is 1. The summed E-state index contributed by atoms with van der Waals surface area (Å²) in [6.45, 7) is 0. The van der Waals surface area contributed by atoms with Crippen LogP contribution in [0, 0.1) is 0 Å². The molecule has 3 rings (SSSR count). The monoisotopic (exact) mass is 266 g/mol. The van der Waals surface area contributed by atoms with Crippen LogP contribution >= 0.6 is 0 Å². The first-order valence-electron chi connectivity index (χ1n) is 6.94. The molecule has 0 aromatic heterocycles. The van der Waals surface area contributed by atoms with Crippen LogP contribution in [0.3, 0.4) is 0 Å². The van der Waals surface area contributed by atoms with E-state index in [2.05, 4.69) is 23.5 Å². The van der Waals surface area contributed by atoms with E-state index in [9.17, 15) is 4.79 Å². The van der Waals surface area contributed by atoms with Crippen molar-refractivity contribution in [2.75, 3.05) is 5.73 Å². The maximum absolute atomic E-state index is 12.1. The fraction of sp³-hybridized carbons (Fsp3) is 0.235. The zero-order valence-corrected chi connectivity index (χ0v) is 11.3. The molecule has 3 nitrogen and oxygen atoms in total. The van der Waals surface area contributed by atoms with Crippen molar-refractivity contribution in [3.8, 4) is 0 Å². The van der Waals surface area contributed by atoms with Crippen molar-refractivity contribution < 1.29 is 4.79 Å². The van der Waals surface area contributed by atoms with E-state index < -0.39 is 0 Å². The minimum Gasteiger partial charge on any atom is -0.399 e. The third-order valence-electron chi connectivity index (χ3n) is 3.78. The number of amides is 1. The van der Waals surface area contributed by atoms with Gasteiger partial charge < -0.3 is 11.1 Å². The quantitative estimate of drug-likeness (QED) is 0.839. The molecule has 2 aromatic carbocycles. The Labute approximate surface area is 118 Å². The number of carbonyl (C=O) groups is 1. The summed E-state index contributed by atoms with van der Waals surface area (Å²) in [6.07, 6.45) is 2.41. The molecule has 0 aliphatic heterocycles. The van der Waals surface area contributed by atoms with E-state index in [-0.39, 0.29) is 11.9 Å². The Morgan fingerprint density at radius 3 is 2.90 bits per heavy atom. The molecule has 0 heterocycles. The van der Waals surface area contributed by atoms with Crippen LogP contribution in [0.5, 0.6) is 0 Å². The molecule has 3 N–H and O–H groups in total. The zero-order valence-electron chi connectivity index (χ0n) is 11.3. The van der Waals surface area contributed by atoms with E-state index >= 15 is 0 Å². The topological polar surface area (TPSA) is 55.1 Å². The highest BCUT2D eigenvalue weighted by Gasteiger charge is 2.23. The van der Waals surface area contributed by atoms with Crippen molar-refractivity contribution in [3.63, 3.8) is 0 Å². The molecule has 1 aliphatic carbocycles. The Morgan fingerprint density at radius 1 is 1.20 bits per heavy atom. The summed E-state index contributed by atoms with van der Waals surface area (Å²) in [5.74, 6) is 0.0531. The molecule has 0 bridgehead atoms. The van der Waals surface area contributed by atoms with Crippen LogP contribution in [0.25, 0.3) is 0 Å². The van der Waals surface area contributed by atoms with Gasteiger partial charge in [-0.25, -0.2) is 0 Å². The van der Waals surface area contributed by atoms with E-state index in [0.717, 1.165) is 18.4 Å². The van der Waals surface area contributed by atoms with Gasteiger partial charge >= 0.3 is 0 Å². The van der Waals surface area contributed by atoms with Crippen LogP contribution in [-0.4, -0.2) is 5.91 Å². The highest BCUT2D eigenvalue weighted by atomic mass is 16.1. The molecule has 2 aromatic rings. The van der Waals surface area contributed by atoms with Gasteiger partial charge in [0.25, 0.3) is 0 Å². The fourth-order valence-electron chi connectivity index (χ4n) is 2.84. The summed E-state index contributed by atoms with van der Waals surface area (Å²) in [6, 6.07) is 16.0. The molecule has 0 radical (unpaired) electrons. The van der Waals surface area contributed by atoms with Gasteiger partial charge in [0.05, 0.1) is 12.5 Å². The van der Waals surface area contributed by atoms with Gasteiger partial charge in [-0.1, -0.05) is 36.4 Å². The molecular formula is C17H18N2O. The Morgan fingerprint density at radius 2 is 2.05 bits per heavy atom. The summed E-state index contributed by atoms with van der Waals surface area (Å²) in [4.78, 5) is 12.1. The summed E-state index contributed by atoms with van der Waals surface area (Å²) < 4.78 is 0. The van der Waals surface area contributed by atoms with Crippen LogP contribution < -0.4 is 11.1 Å². The molecule has 0 saturated carbocycles. The van der Waals surface area contributed by atoms with Crippen LogP contribution in [0.2, 0.25) is 0 Å². The lowest BCUT2D eigenvalue weighted by molar-refractivity contribution is -0.121. The van der Waals surface area contributed by atoms with E-state index in [1.807, 2.05) is 30.3 Å².